The molecule has 0 aliphatic carbocycles. The molecule has 0 aromatic heterocycles. The third-order valence-corrected chi connectivity index (χ3v) is 5.18. The minimum absolute atomic E-state index is 0.0820. The molecular formula is C24H27N3O2. The lowest BCUT2D eigenvalue weighted by Crippen LogP contribution is -2.28. The highest BCUT2D eigenvalue weighted by Crippen LogP contribution is 2.23. The van der Waals surface area contributed by atoms with Crippen LogP contribution >= 0.6 is 0 Å². The monoisotopic (exact) mass is 389 g/mol. The average Bonchev–Trinajstić information content (AvgIpc) is 2.77. The second kappa shape index (κ2) is 9.32. The van der Waals surface area contributed by atoms with Gasteiger partial charge in [0.15, 0.2) is 0 Å². The molecule has 0 fully saturated rings. The van der Waals surface area contributed by atoms with Crippen LogP contribution in [0.15, 0.2) is 65.2 Å². The summed E-state index contributed by atoms with van der Waals surface area (Å²) in [7, 11) is 1.78. The summed E-state index contributed by atoms with van der Waals surface area (Å²) in [6, 6.07) is 15.4. The molecular weight excluding hydrogens is 362 g/mol. The Balaban J connectivity index is 1.63. The summed E-state index contributed by atoms with van der Waals surface area (Å²) in [6.45, 7) is 5.16. The third kappa shape index (κ3) is 4.99. The molecule has 0 saturated carbocycles. The second-order valence-electron chi connectivity index (χ2n) is 7.10. The SMILES string of the molecule is CCC(=O)N(C)c1ccc(-c2ccc(C(=O)NCC3=CCCN=C3C)cc2)cc1. The van der Waals surface area contributed by atoms with Gasteiger partial charge in [-0.25, -0.2) is 0 Å². The van der Waals surface area contributed by atoms with Crippen LogP contribution < -0.4 is 10.2 Å². The maximum Gasteiger partial charge on any atom is 0.251 e. The van der Waals surface area contributed by atoms with Crippen LogP contribution in [0.2, 0.25) is 0 Å². The standard InChI is InChI=1S/C24H27N3O2/c1-4-23(28)27(3)22-13-11-19(12-14-22)18-7-9-20(10-8-18)24(29)26-16-21-6-5-15-25-17(21)2/h6-14H,4-5,15-16H2,1-3H3,(H,26,29). The highest BCUT2D eigenvalue weighted by Gasteiger charge is 2.11. The van der Waals surface area contributed by atoms with E-state index in [-0.39, 0.29) is 11.8 Å². The lowest BCUT2D eigenvalue weighted by Gasteiger charge is -2.16. The van der Waals surface area contributed by atoms with Crippen molar-refractivity contribution in [2.45, 2.75) is 26.7 Å². The highest BCUT2D eigenvalue weighted by atomic mass is 16.2. The molecule has 0 bridgehead atoms. The van der Waals surface area contributed by atoms with Gasteiger partial charge in [0.1, 0.15) is 0 Å². The smallest absolute Gasteiger partial charge is 0.251 e. The molecule has 1 heterocycles. The third-order valence-electron chi connectivity index (χ3n) is 5.18. The number of anilines is 1. The summed E-state index contributed by atoms with van der Waals surface area (Å²) < 4.78 is 0. The molecule has 150 valence electrons. The number of carbonyl (C=O) groups excluding carboxylic acids is 2. The molecule has 29 heavy (non-hydrogen) atoms. The summed E-state index contributed by atoms with van der Waals surface area (Å²) in [5.74, 6) is -0.00977. The van der Waals surface area contributed by atoms with E-state index < -0.39 is 0 Å². The molecule has 0 unspecified atom stereocenters. The van der Waals surface area contributed by atoms with E-state index >= 15 is 0 Å². The van der Waals surface area contributed by atoms with Crippen LogP contribution in [-0.2, 0) is 4.79 Å². The van der Waals surface area contributed by atoms with Crippen LogP contribution in [0.1, 0.15) is 37.0 Å². The molecule has 2 amide bonds. The van der Waals surface area contributed by atoms with Gasteiger partial charge in [0, 0.05) is 43.5 Å². The molecule has 0 saturated heterocycles. The van der Waals surface area contributed by atoms with Crippen molar-refractivity contribution in [1.82, 2.24) is 5.32 Å². The van der Waals surface area contributed by atoms with Gasteiger partial charge in [-0.3, -0.25) is 14.6 Å². The first-order valence-corrected chi connectivity index (χ1v) is 9.95. The van der Waals surface area contributed by atoms with Crippen molar-refractivity contribution in [3.8, 4) is 11.1 Å². The van der Waals surface area contributed by atoms with E-state index in [0.29, 0.717) is 18.5 Å². The van der Waals surface area contributed by atoms with Crippen molar-refractivity contribution < 1.29 is 9.59 Å². The van der Waals surface area contributed by atoms with Crippen LogP contribution in [0, 0.1) is 0 Å². The van der Waals surface area contributed by atoms with Gasteiger partial charge in [0.25, 0.3) is 5.91 Å². The Kier molecular flexibility index (Phi) is 6.60. The van der Waals surface area contributed by atoms with Gasteiger partial charge in [-0.15, -0.1) is 0 Å². The van der Waals surface area contributed by atoms with Crippen molar-refractivity contribution in [3.63, 3.8) is 0 Å². The fraction of sp³-hybridized carbons (Fsp3) is 0.292. The number of benzene rings is 2. The Labute approximate surface area is 172 Å². The van der Waals surface area contributed by atoms with Crippen LogP contribution in [0.4, 0.5) is 5.69 Å². The van der Waals surface area contributed by atoms with Crippen molar-refractivity contribution in [2.75, 3.05) is 25.0 Å². The molecule has 1 aliphatic heterocycles. The van der Waals surface area contributed by atoms with E-state index in [1.165, 1.54) is 0 Å². The van der Waals surface area contributed by atoms with Gasteiger partial charge in [-0.1, -0.05) is 37.3 Å². The number of carbonyl (C=O) groups is 2. The van der Waals surface area contributed by atoms with Crippen molar-refractivity contribution in [3.05, 3.63) is 65.7 Å². The van der Waals surface area contributed by atoms with E-state index in [9.17, 15) is 9.59 Å². The number of aliphatic imine (C=N–C) groups is 1. The van der Waals surface area contributed by atoms with Crippen LogP contribution in [0.25, 0.3) is 11.1 Å². The molecule has 5 heteroatoms. The topological polar surface area (TPSA) is 61.8 Å². The van der Waals surface area contributed by atoms with E-state index in [2.05, 4.69) is 16.4 Å². The first-order valence-electron chi connectivity index (χ1n) is 9.95. The van der Waals surface area contributed by atoms with Gasteiger partial charge >= 0.3 is 0 Å². The number of hydrogen-bond acceptors (Lipinski definition) is 3. The Hall–Kier alpha value is -3.21. The summed E-state index contributed by atoms with van der Waals surface area (Å²) in [5.41, 5.74) is 5.65. The molecule has 2 aromatic carbocycles. The quantitative estimate of drug-likeness (QED) is 0.803. The first-order chi connectivity index (χ1) is 14.0. The predicted octanol–water partition coefficient (Wildman–Crippen LogP) is 4.25. The van der Waals surface area contributed by atoms with Crippen molar-refractivity contribution in [1.29, 1.82) is 0 Å². The minimum atomic E-state index is -0.0918. The van der Waals surface area contributed by atoms with Gasteiger partial charge in [0.05, 0.1) is 0 Å². The average molecular weight is 389 g/mol. The number of dihydropyridines is 1. The number of nitrogens with one attached hydrogen (secondary N) is 1. The summed E-state index contributed by atoms with van der Waals surface area (Å²) >= 11 is 0. The zero-order chi connectivity index (χ0) is 20.8. The first kappa shape index (κ1) is 20.5. The molecule has 0 radical (unpaired) electrons. The Morgan fingerprint density at radius 1 is 1.03 bits per heavy atom. The van der Waals surface area contributed by atoms with Gasteiger partial charge < -0.3 is 10.2 Å². The molecule has 2 aromatic rings. The van der Waals surface area contributed by atoms with E-state index in [1.807, 2.05) is 62.4 Å². The lowest BCUT2D eigenvalue weighted by atomic mass is 10.0. The van der Waals surface area contributed by atoms with E-state index in [0.717, 1.165) is 41.1 Å². The largest absolute Gasteiger partial charge is 0.348 e. The Morgan fingerprint density at radius 2 is 1.66 bits per heavy atom. The van der Waals surface area contributed by atoms with E-state index in [1.54, 1.807) is 11.9 Å². The fourth-order valence-electron chi connectivity index (χ4n) is 3.27. The molecule has 3 rings (SSSR count). The number of rotatable bonds is 6. The fourth-order valence-corrected chi connectivity index (χ4v) is 3.27. The number of nitrogens with zero attached hydrogens (tertiary/aromatic N) is 2. The molecule has 1 N–H and O–H groups in total. The number of hydrogen-bond donors (Lipinski definition) is 1. The minimum Gasteiger partial charge on any atom is -0.348 e. The summed E-state index contributed by atoms with van der Waals surface area (Å²) in [6.07, 6.45) is 3.55. The van der Waals surface area contributed by atoms with Gasteiger partial charge in [-0.2, -0.15) is 0 Å². The van der Waals surface area contributed by atoms with E-state index in [4.69, 9.17) is 0 Å². The maximum atomic E-state index is 12.4. The zero-order valence-electron chi connectivity index (χ0n) is 17.2. The van der Waals surface area contributed by atoms with Crippen LogP contribution in [0.5, 0.6) is 0 Å². The maximum absolute atomic E-state index is 12.4. The van der Waals surface area contributed by atoms with Gasteiger partial charge in [0.2, 0.25) is 5.91 Å². The molecule has 5 nitrogen and oxygen atoms in total. The van der Waals surface area contributed by atoms with Gasteiger partial charge in [-0.05, 0) is 54.3 Å². The lowest BCUT2D eigenvalue weighted by molar-refractivity contribution is -0.118. The Bertz CT molecular complexity index is 941. The second-order valence-corrected chi connectivity index (χ2v) is 7.10. The molecule has 0 spiro atoms. The van der Waals surface area contributed by atoms with Crippen LogP contribution in [-0.4, -0.2) is 37.7 Å². The highest BCUT2D eigenvalue weighted by molar-refractivity contribution is 6.01. The summed E-state index contributed by atoms with van der Waals surface area (Å²) in [4.78, 5) is 30.3. The normalized spacial score (nSPS) is 13.3. The van der Waals surface area contributed by atoms with Crippen molar-refractivity contribution in [2.24, 2.45) is 4.99 Å². The molecule has 0 atom stereocenters. The van der Waals surface area contributed by atoms with Crippen LogP contribution in [0.3, 0.4) is 0 Å². The predicted molar refractivity (Wildman–Crippen MR) is 119 cm³/mol. The zero-order valence-corrected chi connectivity index (χ0v) is 17.2. The molecule has 1 aliphatic rings. The summed E-state index contributed by atoms with van der Waals surface area (Å²) in [5, 5.41) is 2.97. The Morgan fingerprint density at radius 3 is 2.24 bits per heavy atom. The number of amides is 2. The van der Waals surface area contributed by atoms with Crippen molar-refractivity contribution >= 4 is 23.2 Å².